The number of ketones is 2. The van der Waals surface area contributed by atoms with E-state index in [1.165, 1.54) is 17.6 Å². The standard InChI is InChI=1S/C30H44O4.C21H34O3/c1-25(2)21-8-11-30(7)23(28(21,5)10-9-22(25)32)20(31)16-18-19-17-27(4,24(33)34)13-12-26(19,3)14-15-29(18,30)6;1-12(22)16-6-7-17-15-5-4-13-10-14(23)8-9-20(13,2)19(15)18(24)11-21(16,17)3/h16,19,21,23H,8-15,17H2,1-7H3,(H,33,34);10,12,14-19,22-24H,4-9,11H2,1-3H3/t19?,21-,23?,26+,27-,28-,29+,30+;12-,14+,15?,16?,17?,18+,19?,20+,21-/m01/s1. The first-order valence-corrected chi connectivity index (χ1v) is 23.6. The highest BCUT2D eigenvalue weighted by atomic mass is 16.4. The van der Waals surface area contributed by atoms with Crippen LogP contribution < -0.4 is 0 Å². The molecule has 0 aromatic rings. The molecule has 9 aliphatic carbocycles. The molecule has 0 aliphatic heterocycles. The predicted octanol–water partition coefficient (Wildman–Crippen LogP) is 9.90. The maximum Gasteiger partial charge on any atom is 0.309 e. The zero-order chi connectivity index (χ0) is 42.4. The summed E-state index contributed by atoms with van der Waals surface area (Å²) in [6.45, 7) is 22.1. The molecular weight excluding hydrogens is 725 g/mol. The van der Waals surface area contributed by atoms with Gasteiger partial charge >= 0.3 is 5.97 Å². The highest BCUT2D eigenvalue weighted by Crippen LogP contribution is 2.75. The summed E-state index contributed by atoms with van der Waals surface area (Å²) < 4.78 is 0. The number of hydrogen-bond donors (Lipinski definition) is 4. The van der Waals surface area contributed by atoms with Gasteiger partial charge in [-0.3, -0.25) is 14.4 Å². The van der Waals surface area contributed by atoms with Crippen LogP contribution in [0.3, 0.4) is 0 Å². The van der Waals surface area contributed by atoms with Gasteiger partial charge in [-0.2, -0.15) is 0 Å². The van der Waals surface area contributed by atoms with Crippen molar-refractivity contribution >= 4 is 17.5 Å². The molecule has 4 N–H and O–H groups in total. The molecule has 0 saturated heterocycles. The average Bonchev–Trinajstić information content (AvgIpc) is 3.49. The second kappa shape index (κ2) is 13.6. The average molecular weight is 803 g/mol. The molecule has 0 spiro atoms. The summed E-state index contributed by atoms with van der Waals surface area (Å²) in [5.41, 5.74) is 1.34. The van der Waals surface area contributed by atoms with Gasteiger partial charge < -0.3 is 20.4 Å². The fraction of sp³-hybridized carbons (Fsp3) is 0.863. The first kappa shape index (κ1) is 42.8. The Labute approximate surface area is 349 Å². The van der Waals surface area contributed by atoms with Crippen molar-refractivity contribution in [2.24, 2.45) is 84.7 Å². The number of carbonyl (C=O) groups excluding carboxylic acids is 2. The van der Waals surface area contributed by atoms with E-state index in [9.17, 15) is 34.8 Å². The molecule has 0 radical (unpaired) electrons. The number of aliphatic hydroxyl groups excluding tert-OH is 3. The van der Waals surface area contributed by atoms with Crippen LogP contribution in [0, 0.1) is 84.7 Å². The van der Waals surface area contributed by atoms with Crippen molar-refractivity contribution in [1.29, 1.82) is 0 Å². The molecule has 7 saturated carbocycles. The molecule has 0 amide bonds. The van der Waals surface area contributed by atoms with Crippen molar-refractivity contribution in [2.75, 3.05) is 0 Å². The van der Waals surface area contributed by atoms with Crippen molar-refractivity contribution in [3.63, 3.8) is 0 Å². The lowest BCUT2D eigenvalue weighted by molar-refractivity contribution is -0.188. The van der Waals surface area contributed by atoms with Crippen molar-refractivity contribution in [3.8, 4) is 0 Å². The van der Waals surface area contributed by atoms with Gasteiger partial charge in [0.15, 0.2) is 5.78 Å². The molecule has 9 aliphatic rings. The summed E-state index contributed by atoms with van der Waals surface area (Å²) in [6.07, 6.45) is 18.2. The Morgan fingerprint density at radius 1 is 0.776 bits per heavy atom. The van der Waals surface area contributed by atoms with Gasteiger partial charge in [-0.25, -0.2) is 0 Å². The van der Waals surface area contributed by atoms with E-state index in [1.54, 1.807) is 0 Å². The molecule has 0 aromatic heterocycles. The van der Waals surface area contributed by atoms with Crippen LogP contribution in [0.2, 0.25) is 0 Å². The predicted molar refractivity (Wildman–Crippen MR) is 226 cm³/mol. The fourth-order valence-corrected chi connectivity index (χ4v) is 17.8. The monoisotopic (exact) mass is 803 g/mol. The molecule has 324 valence electrons. The van der Waals surface area contributed by atoms with Crippen LogP contribution in [0.1, 0.15) is 172 Å². The van der Waals surface area contributed by atoms with Crippen LogP contribution in [0.25, 0.3) is 0 Å². The van der Waals surface area contributed by atoms with E-state index < -0.39 is 11.4 Å². The van der Waals surface area contributed by atoms with E-state index >= 15 is 0 Å². The van der Waals surface area contributed by atoms with Crippen LogP contribution in [0.15, 0.2) is 23.3 Å². The van der Waals surface area contributed by atoms with Crippen molar-refractivity contribution in [1.82, 2.24) is 0 Å². The Balaban J connectivity index is 0.000000172. The number of carboxylic acids is 1. The number of rotatable bonds is 2. The van der Waals surface area contributed by atoms with E-state index in [2.05, 4.69) is 61.5 Å². The largest absolute Gasteiger partial charge is 0.481 e. The van der Waals surface area contributed by atoms with Crippen LogP contribution in [0.5, 0.6) is 0 Å². The Bertz CT molecular complexity index is 1790. The van der Waals surface area contributed by atoms with Crippen LogP contribution >= 0.6 is 0 Å². The highest BCUT2D eigenvalue weighted by Gasteiger charge is 2.70. The molecule has 6 unspecified atom stereocenters. The molecule has 9 rings (SSSR count). The van der Waals surface area contributed by atoms with Gasteiger partial charge in [-0.05, 0) is 184 Å². The summed E-state index contributed by atoms with van der Waals surface area (Å²) in [7, 11) is 0. The summed E-state index contributed by atoms with van der Waals surface area (Å²) in [6, 6.07) is 0. The van der Waals surface area contributed by atoms with Crippen molar-refractivity contribution < 1.29 is 34.8 Å². The summed E-state index contributed by atoms with van der Waals surface area (Å²) in [4.78, 5) is 39.3. The lowest BCUT2D eigenvalue weighted by Crippen LogP contribution is -2.66. The van der Waals surface area contributed by atoms with Gasteiger partial charge in [0.05, 0.1) is 23.7 Å². The lowest BCUT2D eigenvalue weighted by atomic mass is 9.33. The second-order valence-electron chi connectivity index (χ2n) is 24.5. The fourth-order valence-electron chi connectivity index (χ4n) is 17.8. The van der Waals surface area contributed by atoms with Gasteiger partial charge in [-0.15, -0.1) is 0 Å². The second-order valence-corrected chi connectivity index (χ2v) is 24.5. The van der Waals surface area contributed by atoms with Gasteiger partial charge in [0.25, 0.3) is 0 Å². The third-order valence-electron chi connectivity index (χ3n) is 21.5. The summed E-state index contributed by atoms with van der Waals surface area (Å²) in [5, 5.41) is 41.6. The van der Waals surface area contributed by atoms with Crippen LogP contribution in [-0.4, -0.2) is 56.3 Å². The van der Waals surface area contributed by atoms with E-state index in [-0.39, 0.29) is 79.8 Å². The first-order chi connectivity index (χ1) is 26.8. The maximum atomic E-state index is 14.2. The van der Waals surface area contributed by atoms with Crippen molar-refractivity contribution in [3.05, 3.63) is 23.3 Å². The first-order valence-electron chi connectivity index (χ1n) is 23.6. The SMILES string of the molecule is CC1(C)C(=O)CC[C@]2(C)C3C(=O)C=C4C5C[C@@](C)(C(=O)O)CC[C@]5(C)CC[C@@]4(C)[C@]3(C)CC[C@@H]12.C[C@@H](O)C1CCC2C3CCC4=C[C@@H](O)CC[C@]4(C)C3[C@@H](O)C[C@@]21C. The summed E-state index contributed by atoms with van der Waals surface area (Å²) >= 11 is 0. The molecule has 17 atom stereocenters. The lowest BCUT2D eigenvalue weighted by Gasteiger charge is -2.69. The number of aliphatic hydroxyl groups is 3. The number of allylic oxidation sites excluding steroid dienone is 3. The quantitative estimate of drug-likeness (QED) is 0.205. The Kier molecular flexibility index (Phi) is 10.0. The van der Waals surface area contributed by atoms with Gasteiger partial charge in [0.1, 0.15) is 5.78 Å². The van der Waals surface area contributed by atoms with E-state index in [4.69, 9.17) is 0 Å². The Morgan fingerprint density at radius 3 is 2.14 bits per heavy atom. The van der Waals surface area contributed by atoms with Gasteiger partial charge in [-0.1, -0.05) is 72.6 Å². The summed E-state index contributed by atoms with van der Waals surface area (Å²) in [5.74, 6) is 2.09. The van der Waals surface area contributed by atoms with E-state index in [0.717, 1.165) is 83.5 Å². The normalized spacial score (nSPS) is 53.3. The molecular formula is C51H78O7. The minimum Gasteiger partial charge on any atom is -0.481 e. The zero-order valence-electron chi connectivity index (χ0n) is 37.8. The molecule has 7 nitrogen and oxygen atoms in total. The third kappa shape index (κ3) is 5.75. The smallest absolute Gasteiger partial charge is 0.309 e. The molecule has 7 fully saturated rings. The third-order valence-corrected chi connectivity index (χ3v) is 21.5. The number of hydrogen-bond acceptors (Lipinski definition) is 6. The van der Waals surface area contributed by atoms with Crippen molar-refractivity contribution in [2.45, 2.75) is 190 Å². The van der Waals surface area contributed by atoms with Crippen LogP contribution in [-0.2, 0) is 14.4 Å². The van der Waals surface area contributed by atoms with E-state index in [0.29, 0.717) is 42.3 Å². The molecule has 0 aromatic carbocycles. The van der Waals surface area contributed by atoms with Crippen LogP contribution in [0.4, 0.5) is 0 Å². The number of Topliss-reactive ketones (excluding diaryl/α,β-unsaturated/α-hetero) is 1. The van der Waals surface area contributed by atoms with Gasteiger partial charge in [0.2, 0.25) is 0 Å². The highest BCUT2D eigenvalue weighted by molar-refractivity contribution is 5.96. The molecule has 7 heteroatoms. The molecule has 0 bridgehead atoms. The Morgan fingerprint density at radius 2 is 1.47 bits per heavy atom. The van der Waals surface area contributed by atoms with E-state index in [1.807, 2.05) is 19.9 Å². The maximum absolute atomic E-state index is 14.2. The minimum absolute atomic E-state index is 0.0613. The molecule has 0 heterocycles. The topological polar surface area (TPSA) is 132 Å². The number of carboxylic acid groups (broad SMARTS) is 1. The molecule has 58 heavy (non-hydrogen) atoms. The Hall–Kier alpha value is -1.83. The number of fused-ring (bicyclic) bond motifs is 12. The van der Waals surface area contributed by atoms with Gasteiger partial charge in [0, 0.05) is 17.8 Å². The zero-order valence-corrected chi connectivity index (χ0v) is 37.8. The number of aliphatic carboxylic acids is 1. The number of carbonyl (C=O) groups is 3. The minimum atomic E-state index is -0.721.